The molecule has 0 bridgehead atoms. The molecule has 2 aromatic carbocycles. The first-order chi connectivity index (χ1) is 10.5. The highest BCUT2D eigenvalue weighted by Gasteiger charge is 2.08. The minimum absolute atomic E-state index is 0.0548. The second-order valence-corrected chi connectivity index (χ2v) is 5.24. The Morgan fingerprint density at radius 2 is 1.68 bits per heavy atom. The van der Waals surface area contributed by atoms with E-state index in [1.165, 1.54) is 0 Å². The van der Waals surface area contributed by atoms with Crippen LogP contribution in [0.4, 0.5) is 5.69 Å². The Kier molecular flexibility index (Phi) is 4.99. The lowest BCUT2D eigenvalue weighted by molar-refractivity contribution is -0.113. The summed E-state index contributed by atoms with van der Waals surface area (Å²) in [6.45, 7) is 4.03. The molecule has 1 amide bonds. The molecule has 0 spiro atoms. The average molecular weight is 295 g/mol. The molecule has 0 N–H and O–H groups in total. The molecule has 22 heavy (non-hydrogen) atoms. The fraction of sp³-hybridized carbons (Fsp3) is 0.211. The fourth-order valence-corrected chi connectivity index (χ4v) is 2.36. The first kappa shape index (κ1) is 15.8. The Morgan fingerprint density at radius 3 is 2.23 bits per heavy atom. The normalized spacial score (nSPS) is 10.7. The minimum Gasteiger partial charge on any atom is -0.497 e. The number of aryl methyl sites for hydroxylation is 2. The molecule has 2 aromatic rings. The number of rotatable bonds is 4. The van der Waals surface area contributed by atoms with Crippen LogP contribution in [-0.4, -0.2) is 20.1 Å². The number of carbonyl (C=O) groups excluding carboxylic acids is 1. The van der Waals surface area contributed by atoms with Crippen LogP contribution in [0.15, 0.2) is 48.5 Å². The number of methoxy groups -OCH3 is 1. The summed E-state index contributed by atoms with van der Waals surface area (Å²) < 4.78 is 5.25. The lowest BCUT2D eigenvalue weighted by Gasteiger charge is -2.15. The number of amides is 1. The molecule has 0 aliphatic carbocycles. The number of hydrogen-bond donors (Lipinski definition) is 0. The van der Waals surface area contributed by atoms with Gasteiger partial charge in [-0.25, -0.2) is 0 Å². The Bertz CT molecular complexity index is 667. The number of hydrogen-bond acceptors (Lipinski definition) is 2. The van der Waals surface area contributed by atoms with Gasteiger partial charge >= 0.3 is 0 Å². The van der Waals surface area contributed by atoms with E-state index in [0.29, 0.717) is 0 Å². The number of ether oxygens (including phenoxy) is 1. The molecule has 0 fully saturated rings. The van der Waals surface area contributed by atoms with Gasteiger partial charge in [-0.1, -0.05) is 18.2 Å². The number of likely N-dealkylation sites (N-methyl/N-ethyl adjacent to an activating group) is 1. The van der Waals surface area contributed by atoms with Crippen LogP contribution in [0.25, 0.3) is 6.08 Å². The zero-order chi connectivity index (χ0) is 16.1. The van der Waals surface area contributed by atoms with Crippen LogP contribution in [0, 0.1) is 13.8 Å². The van der Waals surface area contributed by atoms with Gasteiger partial charge in [0.05, 0.1) is 7.11 Å². The van der Waals surface area contributed by atoms with Gasteiger partial charge in [0.25, 0.3) is 5.91 Å². The topological polar surface area (TPSA) is 29.5 Å². The molecule has 0 heterocycles. The van der Waals surface area contributed by atoms with Crippen LogP contribution < -0.4 is 9.64 Å². The highest BCUT2D eigenvalue weighted by atomic mass is 16.5. The van der Waals surface area contributed by atoms with Crippen molar-refractivity contribution in [2.75, 3.05) is 19.1 Å². The van der Waals surface area contributed by atoms with E-state index in [0.717, 1.165) is 28.1 Å². The number of nitrogens with zero attached hydrogens (tertiary/aromatic N) is 1. The third-order valence-electron chi connectivity index (χ3n) is 3.67. The SMILES string of the molecule is COc1cc(C)c(/C=C/C(=O)N(C)c2ccccc2)c(C)c1. The molecular weight excluding hydrogens is 274 g/mol. The Balaban J connectivity index is 2.20. The van der Waals surface area contributed by atoms with Gasteiger partial charge < -0.3 is 9.64 Å². The van der Waals surface area contributed by atoms with Crippen LogP contribution in [0.3, 0.4) is 0 Å². The van der Waals surface area contributed by atoms with Gasteiger partial charge in [0, 0.05) is 18.8 Å². The van der Waals surface area contributed by atoms with Crippen LogP contribution in [0.2, 0.25) is 0 Å². The van der Waals surface area contributed by atoms with Crippen molar-refractivity contribution < 1.29 is 9.53 Å². The van der Waals surface area contributed by atoms with Crippen LogP contribution in [0.5, 0.6) is 5.75 Å². The predicted octanol–water partition coefficient (Wildman–Crippen LogP) is 3.99. The molecule has 0 saturated heterocycles. The predicted molar refractivity (Wildman–Crippen MR) is 91.4 cm³/mol. The maximum atomic E-state index is 12.3. The van der Waals surface area contributed by atoms with E-state index in [1.807, 2.05) is 62.4 Å². The van der Waals surface area contributed by atoms with Gasteiger partial charge in [0.1, 0.15) is 5.75 Å². The number of carbonyl (C=O) groups is 1. The second-order valence-electron chi connectivity index (χ2n) is 5.24. The lowest BCUT2D eigenvalue weighted by Crippen LogP contribution is -2.23. The van der Waals surface area contributed by atoms with Crippen LogP contribution >= 0.6 is 0 Å². The van der Waals surface area contributed by atoms with E-state index < -0.39 is 0 Å². The van der Waals surface area contributed by atoms with Crippen molar-refractivity contribution in [3.63, 3.8) is 0 Å². The maximum absolute atomic E-state index is 12.3. The van der Waals surface area contributed by atoms with E-state index in [4.69, 9.17) is 4.74 Å². The molecule has 114 valence electrons. The van der Waals surface area contributed by atoms with E-state index in [-0.39, 0.29) is 5.91 Å². The zero-order valence-corrected chi connectivity index (χ0v) is 13.5. The summed E-state index contributed by atoms with van der Waals surface area (Å²) in [6.07, 6.45) is 3.47. The van der Waals surface area contributed by atoms with Crippen molar-refractivity contribution in [2.24, 2.45) is 0 Å². The summed E-state index contributed by atoms with van der Waals surface area (Å²) in [5, 5.41) is 0. The van der Waals surface area contributed by atoms with Gasteiger partial charge in [-0.3, -0.25) is 4.79 Å². The lowest BCUT2D eigenvalue weighted by atomic mass is 10.0. The van der Waals surface area contributed by atoms with Crippen molar-refractivity contribution >= 4 is 17.7 Å². The molecule has 0 aromatic heterocycles. The summed E-state index contributed by atoms with van der Waals surface area (Å²) in [5.41, 5.74) is 4.10. The molecule has 0 aliphatic heterocycles. The van der Waals surface area contributed by atoms with Gasteiger partial charge in [-0.05, 0) is 60.9 Å². The van der Waals surface area contributed by atoms with Crippen LogP contribution in [-0.2, 0) is 4.79 Å². The summed E-state index contributed by atoms with van der Waals surface area (Å²) in [4.78, 5) is 13.9. The quantitative estimate of drug-likeness (QED) is 0.798. The third-order valence-corrected chi connectivity index (χ3v) is 3.67. The van der Waals surface area contributed by atoms with Crippen molar-refractivity contribution in [3.8, 4) is 5.75 Å². The summed E-state index contributed by atoms with van der Waals surface area (Å²) in [5.74, 6) is 0.778. The van der Waals surface area contributed by atoms with Crippen molar-refractivity contribution in [2.45, 2.75) is 13.8 Å². The monoisotopic (exact) mass is 295 g/mol. The fourth-order valence-electron chi connectivity index (χ4n) is 2.36. The summed E-state index contributed by atoms with van der Waals surface area (Å²) in [7, 11) is 3.43. The van der Waals surface area contributed by atoms with Gasteiger partial charge in [-0.15, -0.1) is 0 Å². The molecule has 0 unspecified atom stereocenters. The Hall–Kier alpha value is -2.55. The van der Waals surface area contributed by atoms with Crippen LogP contribution in [0.1, 0.15) is 16.7 Å². The van der Waals surface area contributed by atoms with Gasteiger partial charge in [0.2, 0.25) is 0 Å². The Morgan fingerprint density at radius 1 is 1.09 bits per heavy atom. The van der Waals surface area contributed by atoms with E-state index >= 15 is 0 Å². The third kappa shape index (κ3) is 3.55. The highest BCUT2D eigenvalue weighted by molar-refractivity contribution is 6.03. The molecule has 0 radical (unpaired) electrons. The van der Waals surface area contributed by atoms with E-state index in [9.17, 15) is 4.79 Å². The standard InChI is InChI=1S/C19H21NO2/c1-14-12-17(22-4)13-15(2)18(14)10-11-19(21)20(3)16-8-6-5-7-9-16/h5-13H,1-4H3/b11-10+. The number of benzene rings is 2. The second kappa shape index (κ2) is 6.94. The molecule has 2 rings (SSSR count). The number of anilines is 1. The molecule has 0 aliphatic rings. The molecule has 0 atom stereocenters. The average Bonchev–Trinajstić information content (AvgIpc) is 2.53. The highest BCUT2D eigenvalue weighted by Crippen LogP contribution is 2.23. The first-order valence-electron chi connectivity index (χ1n) is 7.19. The van der Waals surface area contributed by atoms with Crippen molar-refractivity contribution in [1.82, 2.24) is 0 Å². The van der Waals surface area contributed by atoms with Gasteiger partial charge in [-0.2, -0.15) is 0 Å². The minimum atomic E-state index is -0.0548. The largest absolute Gasteiger partial charge is 0.497 e. The van der Waals surface area contributed by atoms with E-state index in [1.54, 1.807) is 25.1 Å². The summed E-state index contributed by atoms with van der Waals surface area (Å²) >= 11 is 0. The molecular formula is C19H21NO2. The molecule has 0 saturated carbocycles. The maximum Gasteiger partial charge on any atom is 0.250 e. The van der Waals surface area contributed by atoms with Crippen molar-refractivity contribution in [3.05, 3.63) is 65.2 Å². The Labute approximate surface area is 131 Å². The van der Waals surface area contributed by atoms with E-state index in [2.05, 4.69) is 0 Å². The smallest absolute Gasteiger partial charge is 0.250 e. The molecule has 3 heteroatoms. The first-order valence-corrected chi connectivity index (χ1v) is 7.19. The van der Waals surface area contributed by atoms with Crippen molar-refractivity contribution in [1.29, 1.82) is 0 Å². The number of para-hydroxylation sites is 1. The zero-order valence-electron chi connectivity index (χ0n) is 13.5. The molecule has 3 nitrogen and oxygen atoms in total. The van der Waals surface area contributed by atoms with Gasteiger partial charge in [0.15, 0.2) is 0 Å². The summed E-state index contributed by atoms with van der Waals surface area (Å²) in [6, 6.07) is 13.5.